The second kappa shape index (κ2) is 7.02. The SMILES string of the molecule is ClCCc1nc2ccc(Cl)cc2n1CCCC1CCCC1. The molecule has 114 valence electrons. The molecule has 1 aliphatic rings. The number of benzene rings is 1. The zero-order chi connectivity index (χ0) is 14.7. The van der Waals surface area contributed by atoms with Crippen molar-refractivity contribution >= 4 is 34.2 Å². The van der Waals surface area contributed by atoms with Gasteiger partial charge in [0.1, 0.15) is 5.82 Å². The van der Waals surface area contributed by atoms with Crippen molar-refractivity contribution in [3.05, 3.63) is 29.0 Å². The minimum absolute atomic E-state index is 0.611. The second-order valence-electron chi connectivity index (χ2n) is 6.04. The van der Waals surface area contributed by atoms with Crippen LogP contribution in [0.1, 0.15) is 44.3 Å². The molecule has 1 heterocycles. The Kier molecular flexibility index (Phi) is 5.07. The van der Waals surface area contributed by atoms with E-state index in [1.54, 1.807) is 0 Å². The highest BCUT2D eigenvalue weighted by atomic mass is 35.5. The van der Waals surface area contributed by atoms with Crippen LogP contribution in [0.4, 0.5) is 0 Å². The summed E-state index contributed by atoms with van der Waals surface area (Å²) in [5.74, 6) is 2.65. The third-order valence-corrected chi connectivity index (χ3v) is 5.00. The van der Waals surface area contributed by atoms with Gasteiger partial charge in [-0.25, -0.2) is 4.98 Å². The molecule has 0 bridgehead atoms. The van der Waals surface area contributed by atoms with Gasteiger partial charge in [0.2, 0.25) is 0 Å². The summed E-state index contributed by atoms with van der Waals surface area (Å²) in [6.07, 6.45) is 9.06. The molecule has 1 aliphatic carbocycles. The number of nitrogens with zero attached hydrogens (tertiary/aromatic N) is 2. The van der Waals surface area contributed by atoms with Gasteiger partial charge in [-0.15, -0.1) is 11.6 Å². The lowest BCUT2D eigenvalue weighted by Crippen LogP contribution is -2.06. The maximum atomic E-state index is 6.15. The predicted molar refractivity (Wildman–Crippen MR) is 90.4 cm³/mol. The maximum absolute atomic E-state index is 6.15. The van der Waals surface area contributed by atoms with Crippen molar-refractivity contribution in [1.29, 1.82) is 0 Å². The van der Waals surface area contributed by atoms with Gasteiger partial charge in [-0.1, -0.05) is 37.3 Å². The summed E-state index contributed by atoms with van der Waals surface area (Å²) in [6.45, 7) is 1.03. The van der Waals surface area contributed by atoms with Crippen LogP contribution >= 0.6 is 23.2 Å². The van der Waals surface area contributed by atoms with Gasteiger partial charge in [0.05, 0.1) is 11.0 Å². The van der Waals surface area contributed by atoms with Crippen LogP contribution < -0.4 is 0 Å². The van der Waals surface area contributed by atoms with Crippen molar-refractivity contribution in [1.82, 2.24) is 9.55 Å². The van der Waals surface area contributed by atoms with E-state index in [0.29, 0.717) is 5.88 Å². The van der Waals surface area contributed by atoms with E-state index in [4.69, 9.17) is 28.2 Å². The van der Waals surface area contributed by atoms with Crippen molar-refractivity contribution in [3.63, 3.8) is 0 Å². The molecule has 1 aromatic heterocycles. The van der Waals surface area contributed by atoms with Crippen LogP contribution in [0, 0.1) is 5.92 Å². The molecule has 0 unspecified atom stereocenters. The Morgan fingerprint density at radius 1 is 1.24 bits per heavy atom. The second-order valence-corrected chi connectivity index (χ2v) is 6.86. The monoisotopic (exact) mass is 324 g/mol. The van der Waals surface area contributed by atoms with Crippen molar-refractivity contribution in [2.24, 2.45) is 5.92 Å². The fourth-order valence-electron chi connectivity index (χ4n) is 3.51. The topological polar surface area (TPSA) is 17.8 Å². The standard InChI is InChI=1S/C17H22Cl2N2/c18-10-9-17-20-15-8-7-14(19)12-16(15)21(17)11-3-6-13-4-1-2-5-13/h7-8,12-13H,1-6,9-11H2. The summed E-state index contributed by atoms with van der Waals surface area (Å²) < 4.78 is 2.32. The largest absolute Gasteiger partial charge is 0.328 e. The third-order valence-electron chi connectivity index (χ3n) is 4.58. The first kappa shape index (κ1) is 15.2. The Hall–Kier alpha value is -0.730. The highest BCUT2D eigenvalue weighted by molar-refractivity contribution is 6.31. The summed E-state index contributed by atoms with van der Waals surface area (Å²) in [4.78, 5) is 4.71. The summed E-state index contributed by atoms with van der Waals surface area (Å²) >= 11 is 12.1. The Labute approximate surface area is 136 Å². The van der Waals surface area contributed by atoms with Crippen molar-refractivity contribution in [2.45, 2.75) is 51.5 Å². The molecule has 0 N–H and O–H groups in total. The lowest BCUT2D eigenvalue weighted by atomic mass is 10.0. The number of aryl methyl sites for hydroxylation is 2. The van der Waals surface area contributed by atoms with Gasteiger partial charge in [-0.3, -0.25) is 0 Å². The summed E-state index contributed by atoms with van der Waals surface area (Å²) in [7, 11) is 0. The number of halogens is 2. The Bertz CT molecular complexity index is 600. The van der Waals surface area contributed by atoms with E-state index in [1.165, 1.54) is 38.5 Å². The third kappa shape index (κ3) is 3.54. The van der Waals surface area contributed by atoms with E-state index in [1.807, 2.05) is 18.2 Å². The molecule has 4 heteroatoms. The Morgan fingerprint density at radius 3 is 2.81 bits per heavy atom. The fourth-order valence-corrected chi connectivity index (χ4v) is 3.84. The van der Waals surface area contributed by atoms with Crippen LogP contribution in [0.15, 0.2) is 18.2 Å². The zero-order valence-electron chi connectivity index (χ0n) is 12.3. The molecular formula is C17H22Cl2N2. The first-order valence-corrected chi connectivity index (χ1v) is 8.90. The van der Waals surface area contributed by atoms with Gasteiger partial charge in [0, 0.05) is 23.9 Å². The first-order chi connectivity index (χ1) is 10.3. The molecule has 0 amide bonds. The number of fused-ring (bicyclic) bond motifs is 1. The Morgan fingerprint density at radius 2 is 2.05 bits per heavy atom. The molecule has 1 aromatic carbocycles. The molecule has 0 spiro atoms. The number of alkyl halides is 1. The summed E-state index contributed by atoms with van der Waals surface area (Å²) in [5.41, 5.74) is 2.18. The van der Waals surface area contributed by atoms with Crippen LogP contribution in [0.5, 0.6) is 0 Å². The van der Waals surface area contributed by atoms with Gasteiger partial charge in [0.15, 0.2) is 0 Å². The molecule has 0 radical (unpaired) electrons. The quantitative estimate of drug-likeness (QED) is 0.647. The summed E-state index contributed by atoms with van der Waals surface area (Å²) in [5, 5.41) is 0.775. The molecule has 0 aliphatic heterocycles. The number of hydrogen-bond donors (Lipinski definition) is 0. The molecule has 2 nitrogen and oxygen atoms in total. The van der Waals surface area contributed by atoms with Crippen LogP contribution in [-0.2, 0) is 13.0 Å². The zero-order valence-corrected chi connectivity index (χ0v) is 13.8. The van der Waals surface area contributed by atoms with E-state index >= 15 is 0 Å². The van der Waals surface area contributed by atoms with Crippen LogP contribution in [0.3, 0.4) is 0 Å². The summed E-state index contributed by atoms with van der Waals surface area (Å²) in [6, 6.07) is 5.93. The molecule has 1 fully saturated rings. The minimum atomic E-state index is 0.611. The predicted octanol–water partition coefficient (Wildman–Crippen LogP) is 5.44. The highest BCUT2D eigenvalue weighted by Crippen LogP contribution is 2.29. The number of imidazole rings is 1. The van der Waals surface area contributed by atoms with E-state index < -0.39 is 0 Å². The highest BCUT2D eigenvalue weighted by Gasteiger charge is 2.15. The normalized spacial score (nSPS) is 16.1. The molecule has 0 saturated heterocycles. The van der Waals surface area contributed by atoms with E-state index in [0.717, 1.165) is 40.8 Å². The van der Waals surface area contributed by atoms with Crippen LogP contribution in [0.2, 0.25) is 5.02 Å². The van der Waals surface area contributed by atoms with E-state index in [-0.39, 0.29) is 0 Å². The fraction of sp³-hybridized carbons (Fsp3) is 0.588. The Balaban J connectivity index is 1.77. The molecule has 2 aromatic rings. The molecule has 21 heavy (non-hydrogen) atoms. The minimum Gasteiger partial charge on any atom is -0.328 e. The number of rotatable bonds is 6. The van der Waals surface area contributed by atoms with Gasteiger partial charge in [-0.2, -0.15) is 0 Å². The van der Waals surface area contributed by atoms with Gasteiger partial charge in [0.25, 0.3) is 0 Å². The van der Waals surface area contributed by atoms with Crippen molar-refractivity contribution in [3.8, 4) is 0 Å². The lowest BCUT2D eigenvalue weighted by Gasteiger charge is -2.11. The van der Waals surface area contributed by atoms with Crippen LogP contribution in [-0.4, -0.2) is 15.4 Å². The average Bonchev–Trinajstić information content (AvgIpc) is 3.08. The lowest BCUT2D eigenvalue weighted by molar-refractivity contribution is 0.458. The molecule has 1 saturated carbocycles. The number of aromatic nitrogens is 2. The van der Waals surface area contributed by atoms with Crippen LogP contribution in [0.25, 0.3) is 11.0 Å². The average molecular weight is 325 g/mol. The number of hydrogen-bond acceptors (Lipinski definition) is 1. The first-order valence-electron chi connectivity index (χ1n) is 7.98. The molecule has 3 rings (SSSR count). The van der Waals surface area contributed by atoms with Crippen molar-refractivity contribution < 1.29 is 0 Å². The van der Waals surface area contributed by atoms with Gasteiger partial charge >= 0.3 is 0 Å². The molecular weight excluding hydrogens is 303 g/mol. The van der Waals surface area contributed by atoms with Crippen molar-refractivity contribution in [2.75, 3.05) is 5.88 Å². The van der Waals surface area contributed by atoms with Gasteiger partial charge in [-0.05, 0) is 37.0 Å². The van der Waals surface area contributed by atoms with Gasteiger partial charge < -0.3 is 4.57 Å². The smallest absolute Gasteiger partial charge is 0.111 e. The van der Waals surface area contributed by atoms with E-state index in [9.17, 15) is 0 Å². The van der Waals surface area contributed by atoms with E-state index in [2.05, 4.69) is 4.57 Å². The molecule has 0 atom stereocenters. The maximum Gasteiger partial charge on any atom is 0.111 e.